The smallest absolute Gasteiger partial charge is 0.172 e. The molecule has 1 aliphatic heterocycles. The summed E-state index contributed by atoms with van der Waals surface area (Å²) < 4.78 is 11.7. The van der Waals surface area contributed by atoms with Gasteiger partial charge in [-0.2, -0.15) is 0 Å². The molecule has 2 heterocycles. The maximum absolute atomic E-state index is 5.85. The molecule has 0 atom stereocenters. The molecule has 0 unspecified atom stereocenters. The second-order valence-electron chi connectivity index (χ2n) is 5.47. The molecule has 0 radical (unpaired) electrons. The van der Waals surface area contributed by atoms with E-state index in [1.807, 2.05) is 11.6 Å². The molecule has 21 heavy (non-hydrogen) atoms. The largest absolute Gasteiger partial charge is 0.347 e. The molecule has 1 fully saturated rings. The lowest BCUT2D eigenvalue weighted by molar-refractivity contribution is -0.163. The second kappa shape index (κ2) is 5.37. The molecule has 1 aromatic heterocycles. The lowest BCUT2D eigenvalue weighted by Gasteiger charge is -2.33. The van der Waals surface area contributed by atoms with Crippen LogP contribution in [0.15, 0.2) is 29.8 Å². The van der Waals surface area contributed by atoms with Crippen molar-refractivity contribution in [2.75, 3.05) is 13.2 Å². The van der Waals surface area contributed by atoms with Gasteiger partial charge in [0, 0.05) is 24.4 Å². The zero-order chi connectivity index (χ0) is 14.1. The number of nitrogens with zero attached hydrogens (tertiary/aromatic N) is 1. The average molecular weight is 299 g/mol. The van der Waals surface area contributed by atoms with E-state index in [0.717, 1.165) is 37.5 Å². The number of thiazole rings is 1. The van der Waals surface area contributed by atoms with Gasteiger partial charge < -0.3 is 9.47 Å². The van der Waals surface area contributed by atoms with Crippen LogP contribution in [-0.2, 0) is 22.3 Å². The predicted molar refractivity (Wildman–Crippen MR) is 84.1 cm³/mol. The van der Waals surface area contributed by atoms with Crippen LogP contribution in [0.3, 0.4) is 0 Å². The summed E-state index contributed by atoms with van der Waals surface area (Å²) in [6.45, 7) is 1.44. The third-order valence-electron chi connectivity index (χ3n) is 4.20. The summed E-state index contributed by atoms with van der Waals surface area (Å²) in [7, 11) is 0. The number of rotatable bonds is 2. The summed E-state index contributed by atoms with van der Waals surface area (Å²) >= 11 is 1.66. The average Bonchev–Trinajstić information content (AvgIpc) is 3.17. The van der Waals surface area contributed by atoms with Gasteiger partial charge in [-0.1, -0.05) is 24.3 Å². The van der Waals surface area contributed by atoms with Crippen molar-refractivity contribution in [3.05, 3.63) is 51.5 Å². The molecule has 4 heteroatoms. The Morgan fingerprint density at radius 2 is 2.10 bits per heavy atom. The molecule has 108 valence electrons. The van der Waals surface area contributed by atoms with E-state index in [2.05, 4.69) is 35.3 Å². The number of aromatic nitrogens is 1. The first kappa shape index (κ1) is 13.2. The summed E-state index contributed by atoms with van der Waals surface area (Å²) in [5.74, 6) is -0.357. The van der Waals surface area contributed by atoms with E-state index >= 15 is 0 Å². The molecule has 2 aliphatic rings. The molecule has 4 rings (SSSR count). The Bertz CT molecular complexity index is 657. The molecule has 1 spiro atoms. The van der Waals surface area contributed by atoms with E-state index < -0.39 is 0 Å². The molecule has 1 aromatic carbocycles. The fraction of sp³-hybridized carbons (Fsp3) is 0.353. The van der Waals surface area contributed by atoms with Crippen LogP contribution in [0, 0.1) is 0 Å². The Labute approximate surface area is 128 Å². The maximum Gasteiger partial charge on any atom is 0.172 e. The van der Waals surface area contributed by atoms with Crippen molar-refractivity contribution in [3.63, 3.8) is 0 Å². The van der Waals surface area contributed by atoms with Crippen LogP contribution in [0.4, 0.5) is 0 Å². The minimum Gasteiger partial charge on any atom is -0.347 e. The normalized spacial score (nSPS) is 20.2. The second-order valence-corrected chi connectivity index (χ2v) is 6.40. The third kappa shape index (κ3) is 2.55. The Hall–Kier alpha value is -1.49. The Morgan fingerprint density at radius 3 is 2.90 bits per heavy atom. The number of ether oxygens (including phenoxy) is 2. The molecule has 3 nitrogen and oxygen atoms in total. The number of fused-ring (bicyclic) bond motifs is 1. The molecule has 0 saturated carbocycles. The van der Waals surface area contributed by atoms with Crippen molar-refractivity contribution < 1.29 is 9.47 Å². The van der Waals surface area contributed by atoms with Gasteiger partial charge in [-0.15, -0.1) is 11.3 Å². The first-order valence-electron chi connectivity index (χ1n) is 7.31. The number of benzene rings is 1. The molecule has 0 bridgehead atoms. The van der Waals surface area contributed by atoms with Crippen molar-refractivity contribution in [1.82, 2.24) is 4.98 Å². The fourth-order valence-electron chi connectivity index (χ4n) is 3.20. The van der Waals surface area contributed by atoms with Crippen LogP contribution < -0.4 is 0 Å². The van der Waals surface area contributed by atoms with Crippen LogP contribution in [0.5, 0.6) is 0 Å². The summed E-state index contributed by atoms with van der Waals surface area (Å²) in [6, 6.07) is 6.49. The Morgan fingerprint density at radius 1 is 1.19 bits per heavy atom. The molecule has 1 saturated heterocycles. The Balaban J connectivity index is 1.63. The summed E-state index contributed by atoms with van der Waals surface area (Å²) in [4.78, 5) is 4.29. The van der Waals surface area contributed by atoms with Crippen molar-refractivity contribution >= 4 is 23.5 Å². The van der Waals surface area contributed by atoms with E-state index in [4.69, 9.17) is 9.47 Å². The van der Waals surface area contributed by atoms with Crippen molar-refractivity contribution in [1.29, 1.82) is 0 Å². The van der Waals surface area contributed by atoms with E-state index in [0.29, 0.717) is 0 Å². The van der Waals surface area contributed by atoms with Gasteiger partial charge in [0.05, 0.1) is 13.2 Å². The molecular formula is C17H17NO2S. The highest BCUT2D eigenvalue weighted by molar-refractivity contribution is 7.10. The van der Waals surface area contributed by atoms with Crippen molar-refractivity contribution in [2.45, 2.75) is 25.0 Å². The van der Waals surface area contributed by atoms with Crippen LogP contribution in [0.25, 0.3) is 12.2 Å². The third-order valence-corrected chi connectivity index (χ3v) is 4.94. The highest BCUT2D eigenvalue weighted by atomic mass is 32.1. The zero-order valence-electron chi connectivity index (χ0n) is 11.7. The monoisotopic (exact) mass is 299 g/mol. The lowest BCUT2D eigenvalue weighted by Crippen LogP contribution is -2.37. The maximum atomic E-state index is 5.85. The quantitative estimate of drug-likeness (QED) is 0.850. The van der Waals surface area contributed by atoms with E-state index in [1.54, 1.807) is 11.3 Å². The van der Waals surface area contributed by atoms with E-state index in [9.17, 15) is 0 Å². The van der Waals surface area contributed by atoms with Gasteiger partial charge in [0.2, 0.25) is 0 Å². The lowest BCUT2D eigenvalue weighted by atomic mass is 9.84. The highest BCUT2D eigenvalue weighted by Gasteiger charge is 2.39. The first-order valence-corrected chi connectivity index (χ1v) is 8.19. The van der Waals surface area contributed by atoms with Crippen molar-refractivity contribution in [2.24, 2.45) is 0 Å². The molecule has 2 aromatic rings. The first-order chi connectivity index (χ1) is 10.3. The van der Waals surface area contributed by atoms with Gasteiger partial charge in [0.1, 0.15) is 5.01 Å². The van der Waals surface area contributed by atoms with Gasteiger partial charge in [-0.25, -0.2) is 4.98 Å². The summed E-state index contributed by atoms with van der Waals surface area (Å²) in [5.41, 5.74) is 4.06. The van der Waals surface area contributed by atoms with Gasteiger partial charge >= 0.3 is 0 Å². The Kier molecular flexibility index (Phi) is 3.37. The van der Waals surface area contributed by atoms with Gasteiger partial charge in [-0.05, 0) is 29.2 Å². The molecular weight excluding hydrogens is 282 g/mol. The van der Waals surface area contributed by atoms with Crippen molar-refractivity contribution in [3.8, 4) is 0 Å². The van der Waals surface area contributed by atoms with E-state index in [1.165, 1.54) is 16.7 Å². The topological polar surface area (TPSA) is 31.4 Å². The predicted octanol–water partition coefficient (Wildman–Crippen LogP) is 3.55. The number of hydrogen-bond acceptors (Lipinski definition) is 4. The van der Waals surface area contributed by atoms with E-state index in [-0.39, 0.29) is 5.79 Å². The van der Waals surface area contributed by atoms with Gasteiger partial charge in [-0.3, -0.25) is 0 Å². The molecule has 0 N–H and O–H groups in total. The fourth-order valence-corrected chi connectivity index (χ4v) is 3.73. The SMILES string of the molecule is C(=Cc1cccc2c1CCC1(C2)OCCO1)c1nccs1. The minimum atomic E-state index is -0.357. The minimum absolute atomic E-state index is 0.357. The van der Waals surface area contributed by atoms with Crippen LogP contribution >= 0.6 is 11.3 Å². The van der Waals surface area contributed by atoms with Crippen LogP contribution in [-0.4, -0.2) is 24.0 Å². The standard InChI is InChI=1S/C17H17NO2S/c1-2-13(4-5-16-18-8-11-21-16)15-6-7-17(12-14(15)3-1)19-9-10-20-17/h1-5,8,11H,6-7,9-10,12H2. The van der Waals surface area contributed by atoms with Gasteiger partial charge in [0.25, 0.3) is 0 Å². The molecule has 0 amide bonds. The van der Waals surface area contributed by atoms with Crippen LogP contribution in [0.2, 0.25) is 0 Å². The highest BCUT2D eigenvalue weighted by Crippen LogP contribution is 2.36. The van der Waals surface area contributed by atoms with Gasteiger partial charge in [0.15, 0.2) is 5.79 Å². The summed E-state index contributed by atoms with van der Waals surface area (Å²) in [5, 5.41) is 3.04. The number of hydrogen-bond donors (Lipinski definition) is 0. The molecule has 1 aliphatic carbocycles. The summed E-state index contributed by atoms with van der Waals surface area (Å²) in [6.07, 6.45) is 8.92. The van der Waals surface area contributed by atoms with Crippen LogP contribution in [0.1, 0.15) is 28.1 Å². The zero-order valence-corrected chi connectivity index (χ0v) is 12.6.